The molecule has 0 aromatic carbocycles. The van der Waals surface area contributed by atoms with Gasteiger partial charge in [-0.25, -0.2) is 4.98 Å². The van der Waals surface area contributed by atoms with Gasteiger partial charge >= 0.3 is 0 Å². The summed E-state index contributed by atoms with van der Waals surface area (Å²) in [4.78, 5) is 16.7. The zero-order valence-electron chi connectivity index (χ0n) is 11.4. The lowest BCUT2D eigenvalue weighted by molar-refractivity contribution is -0.384. The molecule has 0 saturated heterocycles. The molecule has 20 heavy (non-hydrogen) atoms. The first-order chi connectivity index (χ1) is 9.60. The maximum atomic E-state index is 11.0. The predicted octanol–water partition coefficient (Wildman–Crippen LogP) is 2.65. The van der Waals surface area contributed by atoms with E-state index in [0.717, 1.165) is 5.76 Å². The number of pyridine rings is 1. The fraction of sp³-hybridized carbons (Fsp3) is 0.308. The van der Waals surface area contributed by atoms with E-state index in [-0.39, 0.29) is 5.69 Å². The Labute approximate surface area is 116 Å². The van der Waals surface area contributed by atoms with Gasteiger partial charge in [0.25, 0.3) is 5.69 Å². The van der Waals surface area contributed by atoms with Crippen LogP contribution in [0.4, 0.5) is 17.3 Å². The van der Waals surface area contributed by atoms with Crippen molar-refractivity contribution in [2.45, 2.75) is 13.5 Å². The van der Waals surface area contributed by atoms with Crippen LogP contribution in [0.1, 0.15) is 12.7 Å². The maximum absolute atomic E-state index is 11.0. The second kappa shape index (κ2) is 6.05. The van der Waals surface area contributed by atoms with Crippen LogP contribution in [0, 0.1) is 10.1 Å². The molecule has 2 heterocycles. The average Bonchev–Trinajstić information content (AvgIpc) is 2.91. The average molecular weight is 276 g/mol. The third kappa shape index (κ3) is 3.25. The molecule has 0 spiro atoms. The van der Waals surface area contributed by atoms with Gasteiger partial charge in [0.15, 0.2) is 0 Å². The SMILES string of the molecule is CCNc1cc([N+](=O)[O-])cc(N(C)Cc2ccco2)n1. The highest BCUT2D eigenvalue weighted by atomic mass is 16.6. The molecule has 2 aromatic rings. The van der Waals surface area contributed by atoms with Gasteiger partial charge in [0.1, 0.15) is 17.4 Å². The number of aromatic nitrogens is 1. The van der Waals surface area contributed by atoms with Crippen molar-refractivity contribution in [2.24, 2.45) is 0 Å². The lowest BCUT2D eigenvalue weighted by atomic mass is 10.3. The summed E-state index contributed by atoms with van der Waals surface area (Å²) in [6.45, 7) is 3.05. The van der Waals surface area contributed by atoms with Crippen molar-refractivity contribution in [1.82, 2.24) is 4.98 Å². The highest BCUT2D eigenvalue weighted by Gasteiger charge is 2.14. The molecule has 0 fully saturated rings. The molecule has 1 N–H and O–H groups in total. The number of rotatable bonds is 6. The van der Waals surface area contributed by atoms with E-state index < -0.39 is 4.92 Å². The van der Waals surface area contributed by atoms with Gasteiger partial charge in [-0.05, 0) is 19.1 Å². The molecule has 0 unspecified atom stereocenters. The van der Waals surface area contributed by atoms with Gasteiger partial charge in [-0.1, -0.05) is 0 Å². The third-order valence-corrected chi connectivity index (χ3v) is 2.73. The first-order valence-corrected chi connectivity index (χ1v) is 6.24. The van der Waals surface area contributed by atoms with Gasteiger partial charge in [0, 0.05) is 13.6 Å². The Morgan fingerprint density at radius 2 is 2.30 bits per heavy atom. The number of anilines is 2. The highest BCUT2D eigenvalue weighted by Crippen LogP contribution is 2.23. The first-order valence-electron chi connectivity index (χ1n) is 6.24. The van der Waals surface area contributed by atoms with E-state index in [2.05, 4.69) is 10.3 Å². The van der Waals surface area contributed by atoms with Crippen LogP contribution in [0.5, 0.6) is 0 Å². The molecule has 0 bridgehead atoms. The molecule has 7 heteroatoms. The molecule has 2 aromatic heterocycles. The lowest BCUT2D eigenvalue weighted by Crippen LogP contribution is -2.18. The second-order valence-electron chi connectivity index (χ2n) is 4.29. The summed E-state index contributed by atoms with van der Waals surface area (Å²) >= 11 is 0. The molecule has 0 amide bonds. The number of hydrogen-bond acceptors (Lipinski definition) is 6. The Hall–Kier alpha value is -2.57. The molecular formula is C13H16N4O3. The van der Waals surface area contributed by atoms with Crippen LogP contribution in [0.25, 0.3) is 0 Å². The Balaban J connectivity index is 2.26. The van der Waals surface area contributed by atoms with Gasteiger partial charge in [-0.3, -0.25) is 10.1 Å². The Morgan fingerprint density at radius 1 is 1.50 bits per heavy atom. The van der Waals surface area contributed by atoms with Crippen molar-refractivity contribution < 1.29 is 9.34 Å². The largest absolute Gasteiger partial charge is 0.467 e. The molecule has 0 aliphatic heterocycles. The number of nitro groups is 1. The normalized spacial score (nSPS) is 10.3. The molecule has 7 nitrogen and oxygen atoms in total. The van der Waals surface area contributed by atoms with Crippen molar-refractivity contribution in [3.05, 3.63) is 46.4 Å². The quantitative estimate of drug-likeness (QED) is 0.645. The van der Waals surface area contributed by atoms with Gasteiger partial charge in [0.2, 0.25) is 0 Å². The van der Waals surface area contributed by atoms with Crippen LogP contribution >= 0.6 is 0 Å². The third-order valence-electron chi connectivity index (χ3n) is 2.73. The van der Waals surface area contributed by atoms with E-state index in [4.69, 9.17) is 4.42 Å². The van der Waals surface area contributed by atoms with Crippen LogP contribution in [-0.2, 0) is 6.54 Å². The summed E-state index contributed by atoms with van der Waals surface area (Å²) in [5.41, 5.74) is 0.0113. The Kier molecular flexibility index (Phi) is 4.19. The molecule has 0 atom stereocenters. The van der Waals surface area contributed by atoms with Gasteiger partial charge in [-0.15, -0.1) is 0 Å². The van der Waals surface area contributed by atoms with Crippen LogP contribution < -0.4 is 10.2 Å². The molecule has 0 aliphatic carbocycles. The fourth-order valence-corrected chi connectivity index (χ4v) is 1.79. The second-order valence-corrected chi connectivity index (χ2v) is 4.29. The summed E-state index contributed by atoms with van der Waals surface area (Å²) in [6.07, 6.45) is 1.59. The van der Waals surface area contributed by atoms with Crippen LogP contribution in [0.3, 0.4) is 0 Å². The van der Waals surface area contributed by atoms with Crippen molar-refractivity contribution in [1.29, 1.82) is 0 Å². The summed E-state index contributed by atoms with van der Waals surface area (Å²) in [7, 11) is 1.81. The predicted molar refractivity (Wildman–Crippen MR) is 75.9 cm³/mol. The monoisotopic (exact) mass is 276 g/mol. The Morgan fingerprint density at radius 3 is 2.90 bits per heavy atom. The molecule has 106 valence electrons. The zero-order chi connectivity index (χ0) is 14.5. The number of nitrogens with zero attached hydrogens (tertiary/aromatic N) is 3. The maximum Gasteiger partial charge on any atom is 0.276 e. The Bertz CT molecular complexity index is 583. The van der Waals surface area contributed by atoms with E-state index in [0.29, 0.717) is 24.7 Å². The van der Waals surface area contributed by atoms with Crippen molar-refractivity contribution in [2.75, 3.05) is 23.8 Å². The van der Waals surface area contributed by atoms with Crippen molar-refractivity contribution in [3.63, 3.8) is 0 Å². The number of hydrogen-bond donors (Lipinski definition) is 1. The van der Waals surface area contributed by atoms with Gasteiger partial charge in [0.05, 0.1) is 29.9 Å². The molecule has 0 aliphatic rings. The van der Waals surface area contributed by atoms with Crippen molar-refractivity contribution >= 4 is 17.3 Å². The van der Waals surface area contributed by atoms with Crippen molar-refractivity contribution in [3.8, 4) is 0 Å². The van der Waals surface area contributed by atoms with Gasteiger partial charge in [-0.2, -0.15) is 0 Å². The van der Waals surface area contributed by atoms with E-state index in [1.54, 1.807) is 17.2 Å². The zero-order valence-corrected chi connectivity index (χ0v) is 11.4. The minimum Gasteiger partial charge on any atom is -0.467 e. The van der Waals surface area contributed by atoms with Crippen LogP contribution in [0.2, 0.25) is 0 Å². The topological polar surface area (TPSA) is 84.4 Å². The smallest absolute Gasteiger partial charge is 0.276 e. The first kappa shape index (κ1) is 13.9. The van der Waals surface area contributed by atoms with E-state index in [1.165, 1.54) is 12.1 Å². The summed E-state index contributed by atoms with van der Waals surface area (Å²) < 4.78 is 5.26. The summed E-state index contributed by atoms with van der Waals surface area (Å²) in [5, 5.41) is 14.0. The van der Waals surface area contributed by atoms with E-state index in [9.17, 15) is 10.1 Å². The summed E-state index contributed by atoms with van der Waals surface area (Å²) in [5.74, 6) is 1.78. The van der Waals surface area contributed by atoms with Gasteiger partial charge < -0.3 is 14.6 Å². The highest BCUT2D eigenvalue weighted by molar-refractivity contribution is 5.55. The minimum atomic E-state index is -0.424. The molecule has 0 radical (unpaired) electrons. The van der Waals surface area contributed by atoms with E-state index in [1.807, 2.05) is 20.0 Å². The van der Waals surface area contributed by atoms with E-state index >= 15 is 0 Å². The molecule has 0 saturated carbocycles. The number of nitrogens with one attached hydrogen (secondary N) is 1. The molecular weight excluding hydrogens is 260 g/mol. The minimum absolute atomic E-state index is 0.0113. The van der Waals surface area contributed by atoms with Crippen LogP contribution in [-0.4, -0.2) is 23.5 Å². The van der Waals surface area contributed by atoms with Crippen LogP contribution in [0.15, 0.2) is 34.9 Å². The molecule has 2 rings (SSSR count). The standard InChI is InChI=1S/C13H16N4O3/c1-3-14-12-7-10(17(18)19)8-13(15-12)16(2)9-11-5-4-6-20-11/h4-8H,3,9H2,1-2H3,(H,14,15). The summed E-state index contributed by atoms with van der Waals surface area (Å²) in [6, 6.07) is 6.52. The fourth-order valence-electron chi connectivity index (χ4n) is 1.79. The lowest BCUT2D eigenvalue weighted by Gasteiger charge is -2.17. The number of furan rings is 1.